The molecule has 0 aliphatic carbocycles. The van der Waals surface area contributed by atoms with Crippen molar-refractivity contribution in [2.24, 2.45) is 10.9 Å². The summed E-state index contributed by atoms with van der Waals surface area (Å²) in [5.41, 5.74) is 6.31. The second kappa shape index (κ2) is 7.20. The lowest BCUT2D eigenvalue weighted by Gasteiger charge is -2.23. The van der Waals surface area contributed by atoms with E-state index in [1.165, 1.54) is 11.4 Å². The molecule has 1 aromatic heterocycles. The zero-order valence-electron chi connectivity index (χ0n) is 11.6. The fourth-order valence-corrected chi connectivity index (χ4v) is 3.09. The molecule has 7 nitrogen and oxygen atoms in total. The largest absolute Gasteiger partial charge is 0.409 e. The lowest BCUT2D eigenvalue weighted by Crippen LogP contribution is -2.39. The van der Waals surface area contributed by atoms with Crippen molar-refractivity contribution < 1.29 is 13.6 Å². The first-order valence-corrected chi connectivity index (χ1v) is 7.78. The number of aryl methyl sites for hydroxylation is 1. The number of nitrogens with zero attached hydrogens (tertiary/aromatic N) is 3. The summed E-state index contributed by atoms with van der Waals surface area (Å²) < 4.78 is 25.6. The number of aromatic nitrogens is 1. The average molecular weight is 300 g/mol. The van der Waals surface area contributed by atoms with E-state index in [9.17, 15) is 8.42 Å². The van der Waals surface area contributed by atoms with Crippen LogP contribution in [0.15, 0.2) is 29.7 Å². The van der Waals surface area contributed by atoms with Crippen LogP contribution in [0, 0.1) is 0 Å². The van der Waals surface area contributed by atoms with E-state index < -0.39 is 10.0 Å². The smallest absolute Gasteiger partial charge is 0.214 e. The highest BCUT2D eigenvalue weighted by molar-refractivity contribution is 7.89. The van der Waals surface area contributed by atoms with Crippen LogP contribution in [0.2, 0.25) is 0 Å². The quantitative estimate of drug-likeness (QED) is 0.328. The average Bonchev–Trinajstić information content (AvgIpc) is 2.45. The molecule has 0 aliphatic heterocycles. The third kappa shape index (κ3) is 4.78. The maximum Gasteiger partial charge on any atom is 0.214 e. The molecule has 1 heterocycles. The van der Waals surface area contributed by atoms with Crippen molar-refractivity contribution in [2.75, 3.05) is 12.8 Å². The van der Waals surface area contributed by atoms with Crippen LogP contribution in [0.25, 0.3) is 0 Å². The molecule has 0 saturated carbocycles. The van der Waals surface area contributed by atoms with Crippen molar-refractivity contribution in [2.45, 2.75) is 25.8 Å². The number of oxime groups is 1. The van der Waals surface area contributed by atoms with E-state index in [1.807, 2.05) is 0 Å². The minimum atomic E-state index is -3.39. The molecule has 0 aromatic carbocycles. The van der Waals surface area contributed by atoms with Crippen LogP contribution < -0.4 is 5.73 Å². The molecule has 112 valence electrons. The van der Waals surface area contributed by atoms with Gasteiger partial charge in [0.1, 0.15) is 5.84 Å². The summed E-state index contributed by atoms with van der Waals surface area (Å²) in [6.07, 6.45) is 3.87. The SMILES string of the molecule is CC(CC(N)=NO)N(C)S(=O)(=O)CCc1ccncc1. The van der Waals surface area contributed by atoms with Crippen molar-refractivity contribution in [1.29, 1.82) is 0 Å². The van der Waals surface area contributed by atoms with E-state index in [1.54, 1.807) is 31.5 Å². The van der Waals surface area contributed by atoms with E-state index in [0.29, 0.717) is 6.42 Å². The van der Waals surface area contributed by atoms with Gasteiger partial charge in [-0.15, -0.1) is 0 Å². The van der Waals surface area contributed by atoms with Crippen LogP contribution in [0.3, 0.4) is 0 Å². The lowest BCUT2D eigenvalue weighted by molar-refractivity contribution is 0.313. The number of pyridine rings is 1. The van der Waals surface area contributed by atoms with Crippen LogP contribution in [-0.2, 0) is 16.4 Å². The maximum absolute atomic E-state index is 12.2. The second-order valence-electron chi connectivity index (χ2n) is 4.58. The van der Waals surface area contributed by atoms with Crippen LogP contribution in [-0.4, -0.2) is 47.6 Å². The van der Waals surface area contributed by atoms with Crippen molar-refractivity contribution in [3.63, 3.8) is 0 Å². The van der Waals surface area contributed by atoms with Gasteiger partial charge in [-0.25, -0.2) is 12.7 Å². The van der Waals surface area contributed by atoms with Gasteiger partial charge < -0.3 is 10.9 Å². The Morgan fingerprint density at radius 3 is 2.65 bits per heavy atom. The van der Waals surface area contributed by atoms with E-state index in [4.69, 9.17) is 10.9 Å². The Kier molecular flexibility index (Phi) is 5.90. The van der Waals surface area contributed by atoms with Gasteiger partial charge in [-0.2, -0.15) is 0 Å². The Bertz CT molecular complexity index is 545. The molecular weight excluding hydrogens is 280 g/mol. The highest BCUT2D eigenvalue weighted by Gasteiger charge is 2.23. The molecule has 0 aliphatic rings. The molecule has 0 spiro atoms. The summed E-state index contributed by atoms with van der Waals surface area (Å²) in [7, 11) is -1.89. The van der Waals surface area contributed by atoms with Gasteiger partial charge in [-0.05, 0) is 31.0 Å². The van der Waals surface area contributed by atoms with Gasteiger partial charge in [-0.3, -0.25) is 4.98 Å². The zero-order chi connectivity index (χ0) is 15.2. The molecule has 1 aromatic rings. The van der Waals surface area contributed by atoms with Crippen molar-refractivity contribution in [1.82, 2.24) is 9.29 Å². The van der Waals surface area contributed by atoms with Crippen molar-refractivity contribution >= 4 is 15.9 Å². The first kappa shape index (κ1) is 16.4. The summed E-state index contributed by atoms with van der Waals surface area (Å²) in [6.45, 7) is 1.71. The van der Waals surface area contributed by atoms with E-state index >= 15 is 0 Å². The van der Waals surface area contributed by atoms with Gasteiger partial charge in [-0.1, -0.05) is 5.16 Å². The summed E-state index contributed by atoms with van der Waals surface area (Å²) in [6, 6.07) is 3.21. The van der Waals surface area contributed by atoms with Gasteiger partial charge in [0.25, 0.3) is 0 Å². The fourth-order valence-electron chi connectivity index (χ4n) is 1.69. The first-order chi connectivity index (χ1) is 9.36. The highest BCUT2D eigenvalue weighted by atomic mass is 32.2. The van der Waals surface area contributed by atoms with Crippen molar-refractivity contribution in [3.8, 4) is 0 Å². The molecule has 3 N–H and O–H groups in total. The molecule has 0 bridgehead atoms. The van der Waals surface area contributed by atoms with Crippen LogP contribution in [0.4, 0.5) is 0 Å². The lowest BCUT2D eigenvalue weighted by atomic mass is 10.2. The van der Waals surface area contributed by atoms with Gasteiger partial charge in [0, 0.05) is 31.9 Å². The molecule has 0 radical (unpaired) electrons. The number of sulfonamides is 1. The second-order valence-corrected chi connectivity index (χ2v) is 6.73. The standard InChI is InChI=1S/C12H20N4O3S/c1-10(9-12(13)15-17)16(2)20(18,19)8-5-11-3-6-14-7-4-11/h3-4,6-7,10,17H,5,8-9H2,1-2H3,(H2,13,15). The monoisotopic (exact) mass is 300 g/mol. The minimum absolute atomic E-state index is 0.00796. The van der Waals surface area contributed by atoms with Gasteiger partial charge in [0.15, 0.2) is 0 Å². The molecular formula is C12H20N4O3S. The number of nitrogens with two attached hydrogens (primary N) is 1. The van der Waals surface area contributed by atoms with Crippen molar-refractivity contribution in [3.05, 3.63) is 30.1 Å². The Hall–Kier alpha value is -1.67. The molecule has 20 heavy (non-hydrogen) atoms. The maximum atomic E-state index is 12.2. The molecule has 8 heteroatoms. The van der Waals surface area contributed by atoms with Gasteiger partial charge in [0.2, 0.25) is 10.0 Å². The highest BCUT2D eigenvalue weighted by Crippen LogP contribution is 2.10. The number of hydrogen-bond acceptors (Lipinski definition) is 5. The molecule has 0 fully saturated rings. The number of rotatable bonds is 7. The summed E-state index contributed by atoms with van der Waals surface area (Å²) in [4.78, 5) is 3.88. The summed E-state index contributed by atoms with van der Waals surface area (Å²) in [5, 5.41) is 11.4. The number of amidine groups is 1. The molecule has 1 atom stereocenters. The molecule has 0 amide bonds. The third-order valence-electron chi connectivity index (χ3n) is 3.09. The van der Waals surface area contributed by atoms with E-state index in [2.05, 4.69) is 10.1 Å². The van der Waals surface area contributed by atoms with Gasteiger partial charge >= 0.3 is 0 Å². The summed E-state index contributed by atoms with van der Waals surface area (Å²) >= 11 is 0. The van der Waals surface area contributed by atoms with E-state index in [0.717, 1.165) is 5.56 Å². The third-order valence-corrected chi connectivity index (χ3v) is 5.05. The molecule has 1 unspecified atom stereocenters. The Morgan fingerprint density at radius 2 is 2.10 bits per heavy atom. The zero-order valence-corrected chi connectivity index (χ0v) is 12.4. The van der Waals surface area contributed by atoms with Crippen LogP contribution >= 0.6 is 0 Å². The minimum Gasteiger partial charge on any atom is -0.409 e. The predicted octanol–water partition coefficient (Wildman–Crippen LogP) is 0.411. The summed E-state index contributed by atoms with van der Waals surface area (Å²) in [5.74, 6) is 0.0160. The Morgan fingerprint density at radius 1 is 1.50 bits per heavy atom. The fraction of sp³-hybridized carbons (Fsp3) is 0.500. The molecule has 1 rings (SSSR count). The van der Waals surface area contributed by atoms with Crippen LogP contribution in [0.1, 0.15) is 18.9 Å². The van der Waals surface area contributed by atoms with Gasteiger partial charge in [0.05, 0.1) is 5.75 Å². The first-order valence-electron chi connectivity index (χ1n) is 6.18. The normalized spacial score (nSPS) is 14.4. The number of hydrogen-bond donors (Lipinski definition) is 2. The molecule has 0 saturated heterocycles. The predicted molar refractivity (Wildman–Crippen MR) is 77.0 cm³/mol. The Labute approximate surface area is 119 Å². The van der Waals surface area contributed by atoms with Crippen LogP contribution in [0.5, 0.6) is 0 Å². The topological polar surface area (TPSA) is 109 Å². The van der Waals surface area contributed by atoms with E-state index in [-0.39, 0.29) is 24.1 Å². The Balaban J connectivity index is 2.63.